The number of nitrogens with zero attached hydrogens (tertiary/aromatic N) is 2. The van der Waals surface area contributed by atoms with Gasteiger partial charge in [-0.1, -0.05) is 37.3 Å². The molecule has 3 aromatic rings. The molecule has 1 heterocycles. The van der Waals surface area contributed by atoms with Gasteiger partial charge in [0.2, 0.25) is 0 Å². The van der Waals surface area contributed by atoms with Crippen LogP contribution < -0.4 is 15.4 Å². The zero-order valence-electron chi connectivity index (χ0n) is 23.7. The second-order valence-electron chi connectivity index (χ2n) is 10.7. The van der Waals surface area contributed by atoms with E-state index >= 15 is 0 Å². The number of urea groups is 1. The van der Waals surface area contributed by atoms with Gasteiger partial charge in [-0.2, -0.15) is 13.2 Å². The van der Waals surface area contributed by atoms with E-state index in [0.717, 1.165) is 29.8 Å². The number of likely N-dealkylation sites (N-methyl/N-ethyl adjacent to an activating group) is 1. The number of carbonyl (C=O) groups excluding carboxylic acids is 2. The first-order valence-electron chi connectivity index (χ1n) is 13.6. The fourth-order valence-electron chi connectivity index (χ4n) is 4.82. The van der Waals surface area contributed by atoms with Gasteiger partial charge in [-0.3, -0.25) is 9.69 Å². The molecule has 0 saturated carbocycles. The summed E-state index contributed by atoms with van der Waals surface area (Å²) in [6.45, 7) is 5.21. The molecular weight excluding hydrogens is 549 g/mol. The van der Waals surface area contributed by atoms with Crippen LogP contribution >= 0.6 is 0 Å². The highest BCUT2D eigenvalue weighted by molar-refractivity contribution is 6.02. The van der Waals surface area contributed by atoms with Gasteiger partial charge >= 0.3 is 12.2 Å². The van der Waals surface area contributed by atoms with Crippen LogP contribution in [0.2, 0.25) is 0 Å². The Labute approximate surface area is 243 Å². The SMILES string of the molecule is C[C@@H]1CN([C@H](C)CO)C(=O)c2cc(NC(=O)Nc3ccc(C(F)(F)F)cc3)ccc2O[C@H]1CN(C)Cc1ccccc1. The largest absolute Gasteiger partial charge is 0.488 e. The third-order valence-electron chi connectivity index (χ3n) is 7.18. The number of alkyl halides is 3. The molecule has 4 rings (SSSR count). The average molecular weight is 585 g/mol. The second-order valence-corrected chi connectivity index (χ2v) is 10.7. The van der Waals surface area contributed by atoms with Crippen LogP contribution in [0.1, 0.15) is 35.3 Å². The highest BCUT2D eigenvalue weighted by Gasteiger charge is 2.34. The summed E-state index contributed by atoms with van der Waals surface area (Å²) in [6.07, 6.45) is -4.76. The van der Waals surface area contributed by atoms with Crippen molar-refractivity contribution in [2.75, 3.05) is 37.4 Å². The number of ether oxygens (including phenoxy) is 1. The van der Waals surface area contributed by atoms with Gasteiger partial charge in [0, 0.05) is 36.9 Å². The molecule has 0 fully saturated rings. The number of halogens is 3. The first kappa shape index (κ1) is 30.9. The summed E-state index contributed by atoms with van der Waals surface area (Å²) in [7, 11) is 2.00. The molecule has 42 heavy (non-hydrogen) atoms. The number of anilines is 2. The molecule has 3 N–H and O–H groups in total. The molecule has 0 bridgehead atoms. The van der Waals surface area contributed by atoms with Crippen LogP contribution in [0.3, 0.4) is 0 Å². The summed E-state index contributed by atoms with van der Waals surface area (Å²) in [5, 5.41) is 15.0. The number of rotatable bonds is 8. The Morgan fingerprint density at radius 3 is 2.36 bits per heavy atom. The van der Waals surface area contributed by atoms with Crippen molar-refractivity contribution in [3.8, 4) is 5.75 Å². The molecule has 224 valence electrons. The fraction of sp³-hybridized carbons (Fsp3) is 0.355. The van der Waals surface area contributed by atoms with Gasteiger partial charge < -0.3 is 25.4 Å². The van der Waals surface area contributed by atoms with E-state index in [1.165, 1.54) is 6.07 Å². The lowest BCUT2D eigenvalue weighted by Crippen LogP contribution is -2.49. The number of aliphatic hydroxyl groups excluding tert-OH is 1. The summed E-state index contributed by atoms with van der Waals surface area (Å²) in [6, 6.07) is 17.7. The van der Waals surface area contributed by atoms with E-state index in [0.29, 0.717) is 25.4 Å². The van der Waals surface area contributed by atoms with Crippen LogP contribution in [0, 0.1) is 5.92 Å². The summed E-state index contributed by atoms with van der Waals surface area (Å²) >= 11 is 0. The maximum absolute atomic E-state index is 13.7. The minimum absolute atomic E-state index is 0.0540. The first-order valence-corrected chi connectivity index (χ1v) is 13.6. The van der Waals surface area contributed by atoms with E-state index in [4.69, 9.17) is 4.74 Å². The van der Waals surface area contributed by atoms with Gasteiger partial charge in [0.25, 0.3) is 5.91 Å². The van der Waals surface area contributed by atoms with E-state index in [2.05, 4.69) is 27.7 Å². The van der Waals surface area contributed by atoms with Crippen LogP contribution in [0.15, 0.2) is 72.8 Å². The van der Waals surface area contributed by atoms with Crippen molar-refractivity contribution in [1.29, 1.82) is 0 Å². The summed E-state index contributed by atoms with van der Waals surface area (Å²) < 4.78 is 44.9. The van der Waals surface area contributed by atoms with Crippen LogP contribution in [0.25, 0.3) is 0 Å². The monoisotopic (exact) mass is 584 g/mol. The Morgan fingerprint density at radius 1 is 1.07 bits per heavy atom. The van der Waals surface area contributed by atoms with Crippen molar-refractivity contribution in [3.63, 3.8) is 0 Å². The summed E-state index contributed by atoms with van der Waals surface area (Å²) in [5.74, 6) is -0.0450. The van der Waals surface area contributed by atoms with E-state index < -0.39 is 23.8 Å². The topological polar surface area (TPSA) is 94.1 Å². The molecule has 11 heteroatoms. The molecule has 3 atom stereocenters. The van der Waals surface area contributed by atoms with Gasteiger partial charge in [0.1, 0.15) is 11.9 Å². The molecular formula is C31H35F3N4O4. The number of fused-ring (bicyclic) bond motifs is 1. The average Bonchev–Trinajstić information content (AvgIpc) is 2.95. The maximum atomic E-state index is 13.7. The number of hydrogen-bond donors (Lipinski definition) is 3. The number of aliphatic hydroxyl groups is 1. The fourth-order valence-corrected chi connectivity index (χ4v) is 4.82. The van der Waals surface area contributed by atoms with Gasteiger partial charge in [-0.25, -0.2) is 4.79 Å². The molecule has 3 amide bonds. The first-order chi connectivity index (χ1) is 19.9. The maximum Gasteiger partial charge on any atom is 0.416 e. The third-order valence-corrected chi connectivity index (χ3v) is 7.18. The van der Waals surface area contributed by atoms with Crippen molar-refractivity contribution in [3.05, 3.63) is 89.5 Å². The third kappa shape index (κ3) is 7.80. The lowest BCUT2D eigenvalue weighted by molar-refractivity contribution is -0.137. The smallest absolute Gasteiger partial charge is 0.416 e. The van der Waals surface area contributed by atoms with Crippen molar-refractivity contribution in [2.24, 2.45) is 5.92 Å². The van der Waals surface area contributed by atoms with Crippen LogP contribution in [-0.2, 0) is 12.7 Å². The Hall–Kier alpha value is -4.09. The van der Waals surface area contributed by atoms with Crippen molar-refractivity contribution < 1.29 is 32.6 Å². The highest BCUT2D eigenvalue weighted by Crippen LogP contribution is 2.32. The summed E-state index contributed by atoms with van der Waals surface area (Å²) in [4.78, 5) is 30.0. The lowest BCUT2D eigenvalue weighted by Gasteiger charge is -2.38. The van der Waals surface area contributed by atoms with Crippen molar-refractivity contribution >= 4 is 23.3 Å². The van der Waals surface area contributed by atoms with Gasteiger partial charge in [0.15, 0.2) is 0 Å². The van der Waals surface area contributed by atoms with Gasteiger partial charge in [-0.15, -0.1) is 0 Å². The van der Waals surface area contributed by atoms with E-state index in [1.54, 1.807) is 24.0 Å². The lowest BCUT2D eigenvalue weighted by atomic mass is 9.99. The Kier molecular flexibility index (Phi) is 9.74. The van der Waals surface area contributed by atoms with Crippen LogP contribution in [0.4, 0.5) is 29.3 Å². The Morgan fingerprint density at radius 2 is 1.71 bits per heavy atom. The number of hydrogen-bond acceptors (Lipinski definition) is 5. The number of benzene rings is 3. The van der Waals surface area contributed by atoms with E-state index in [1.807, 2.05) is 32.2 Å². The Bertz CT molecular complexity index is 1370. The molecule has 0 radical (unpaired) electrons. The number of carbonyl (C=O) groups is 2. The van der Waals surface area contributed by atoms with E-state index in [9.17, 15) is 27.9 Å². The second kappa shape index (κ2) is 13.3. The number of nitrogens with one attached hydrogen (secondary N) is 2. The molecule has 0 aromatic heterocycles. The van der Waals surface area contributed by atoms with Crippen LogP contribution in [-0.4, -0.2) is 65.7 Å². The van der Waals surface area contributed by atoms with Crippen molar-refractivity contribution in [1.82, 2.24) is 9.80 Å². The highest BCUT2D eigenvalue weighted by atomic mass is 19.4. The molecule has 8 nitrogen and oxygen atoms in total. The standard InChI is InChI=1S/C31H35F3N4O4/c1-20-16-38(21(2)19-39)29(40)26-15-25(36-30(41)35-24-11-9-23(10-12-24)31(32,33)34)13-14-27(26)42-28(20)18-37(3)17-22-7-5-4-6-8-22/h4-15,20-21,28,39H,16-19H2,1-3H3,(H2,35,36,41)/t20-,21-,28+/m1/s1. The molecule has 1 aliphatic heterocycles. The molecule has 3 aromatic carbocycles. The summed E-state index contributed by atoms with van der Waals surface area (Å²) in [5.41, 5.74) is 1.03. The van der Waals surface area contributed by atoms with Gasteiger partial charge in [0.05, 0.1) is 23.8 Å². The molecule has 0 unspecified atom stereocenters. The quantitative estimate of drug-likeness (QED) is 0.316. The molecule has 1 aliphatic rings. The predicted octanol–water partition coefficient (Wildman–Crippen LogP) is 5.70. The predicted molar refractivity (Wildman–Crippen MR) is 154 cm³/mol. The van der Waals surface area contributed by atoms with Gasteiger partial charge in [-0.05, 0) is 62.0 Å². The molecule has 0 spiro atoms. The zero-order chi connectivity index (χ0) is 30.4. The molecule has 0 saturated heterocycles. The number of amides is 3. The van der Waals surface area contributed by atoms with E-state index in [-0.39, 0.29) is 41.5 Å². The van der Waals surface area contributed by atoms with Crippen molar-refractivity contribution in [2.45, 2.75) is 38.7 Å². The Balaban J connectivity index is 1.53. The normalized spacial score (nSPS) is 18.0. The molecule has 0 aliphatic carbocycles. The van der Waals surface area contributed by atoms with Crippen LogP contribution in [0.5, 0.6) is 5.75 Å². The minimum atomic E-state index is -4.48. The zero-order valence-corrected chi connectivity index (χ0v) is 23.7. The minimum Gasteiger partial charge on any atom is -0.488 e.